The van der Waals surface area contributed by atoms with Gasteiger partial charge in [-0.1, -0.05) is 18.2 Å². The average molecular weight is 496 g/mol. The molecule has 33 heavy (non-hydrogen) atoms. The number of amides is 1. The molecule has 2 saturated heterocycles. The largest absolute Gasteiger partial charge is 0.326 e. The first-order chi connectivity index (χ1) is 15.6. The molecule has 8 nitrogen and oxygen atoms in total. The molecule has 0 aliphatic carbocycles. The summed E-state index contributed by atoms with van der Waals surface area (Å²) in [7, 11) is -6.99. The summed E-state index contributed by atoms with van der Waals surface area (Å²) in [6.45, 7) is 1.30. The van der Waals surface area contributed by atoms with Crippen molar-refractivity contribution in [1.29, 1.82) is 0 Å². The van der Waals surface area contributed by atoms with Crippen LogP contribution in [0.1, 0.15) is 19.3 Å². The maximum atomic E-state index is 13.8. The third kappa shape index (κ3) is 5.71. The molecule has 2 aliphatic rings. The third-order valence-electron chi connectivity index (χ3n) is 6.16. The number of likely N-dealkylation sites (tertiary alicyclic amines) is 1. The van der Waals surface area contributed by atoms with E-state index in [1.807, 2.05) is 0 Å². The number of carbonyl (C=O) groups excluding carboxylic acids is 1. The van der Waals surface area contributed by atoms with E-state index in [0.29, 0.717) is 38.0 Å². The Morgan fingerprint density at radius 2 is 1.76 bits per heavy atom. The van der Waals surface area contributed by atoms with Crippen molar-refractivity contribution in [3.63, 3.8) is 0 Å². The van der Waals surface area contributed by atoms with Gasteiger partial charge < -0.3 is 5.32 Å². The molecule has 0 saturated carbocycles. The molecular formula is C22H26FN3O5S2. The van der Waals surface area contributed by atoms with Crippen LogP contribution in [0.2, 0.25) is 0 Å². The van der Waals surface area contributed by atoms with Gasteiger partial charge in [0.2, 0.25) is 5.91 Å². The van der Waals surface area contributed by atoms with Crippen molar-refractivity contribution in [2.45, 2.75) is 30.2 Å². The molecule has 0 radical (unpaired) electrons. The smallest absolute Gasteiger partial charge is 0.262 e. The number of anilines is 2. The number of nitrogens with zero attached hydrogens (tertiary/aromatic N) is 1. The van der Waals surface area contributed by atoms with Crippen LogP contribution in [0.4, 0.5) is 15.8 Å². The number of piperidine rings is 1. The van der Waals surface area contributed by atoms with E-state index >= 15 is 0 Å². The van der Waals surface area contributed by atoms with Crippen LogP contribution in [0.15, 0.2) is 53.4 Å². The minimum Gasteiger partial charge on any atom is -0.326 e. The number of rotatable bonds is 6. The summed E-state index contributed by atoms with van der Waals surface area (Å²) in [6.07, 6.45) is 1.85. The minimum absolute atomic E-state index is 0.0304. The lowest BCUT2D eigenvalue weighted by Gasteiger charge is -2.34. The zero-order chi connectivity index (χ0) is 23.6. The first kappa shape index (κ1) is 23.7. The fraction of sp³-hybridized carbons (Fsp3) is 0.409. The van der Waals surface area contributed by atoms with Gasteiger partial charge in [0.15, 0.2) is 9.84 Å². The van der Waals surface area contributed by atoms with E-state index in [9.17, 15) is 26.0 Å². The fourth-order valence-electron chi connectivity index (χ4n) is 4.32. The highest BCUT2D eigenvalue weighted by Gasteiger charge is 2.35. The molecule has 178 valence electrons. The Kier molecular flexibility index (Phi) is 6.73. The summed E-state index contributed by atoms with van der Waals surface area (Å²) in [5.74, 6) is -0.719. The van der Waals surface area contributed by atoms with E-state index in [1.54, 1.807) is 6.07 Å². The van der Waals surface area contributed by atoms with Crippen LogP contribution in [-0.2, 0) is 24.7 Å². The van der Waals surface area contributed by atoms with Gasteiger partial charge in [0.05, 0.1) is 22.1 Å². The summed E-state index contributed by atoms with van der Waals surface area (Å²) in [5, 5.41) is 2.78. The standard InChI is InChI=1S/C22H26FN3O5S2/c23-20-6-1-2-7-21(20)25-33(30,31)19-5-3-4-17(14-19)24-22(27)16-8-11-26(12-9-16)18-10-13-32(28,29)15-18/h1-7,14,16,18,25H,8-13,15H2,(H,24,27)/t18-/m0/s1. The van der Waals surface area contributed by atoms with Gasteiger partial charge in [-0.2, -0.15) is 0 Å². The summed E-state index contributed by atoms with van der Waals surface area (Å²) in [6, 6.07) is 11.3. The molecule has 0 spiro atoms. The topological polar surface area (TPSA) is 113 Å². The van der Waals surface area contributed by atoms with Crippen LogP contribution in [-0.4, -0.2) is 58.3 Å². The molecule has 11 heteroatoms. The summed E-state index contributed by atoms with van der Waals surface area (Å²) >= 11 is 0. The number of hydrogen-bond donors (Lipinski definition) is 2. The molecule has 4 rings (SSSR count). The molecule has 2 heterocycles. The summed E-state index contributed by atoms with van der Waals surface area (Å²) < 4.78 is 64.8. The quantitative estimate of drug-likeness (QED) is 0.637. The van der Waals surface area contributed by atoms with Crippen molar-refractivity contribution < 1.29 is 26.0 Å². The molecule has 0 aromatic heterocycles. The van der Waals surface area contributed by atoms with Crippen LogP contribution in [0, 0.1) is 11.7 Å². The van der Waals surface area contributed by atoms with Crippen LogP contribution < -0.4 is 10.0 Å². The third-order valence-corrected chi connectivity index (χ3v) is 9.27. The van der Waals surface area contributed by atoms with Crippen LogP contribution >= 0.6 is 0 Å². The number of hydrogen-bond acceptors (Lipinski definition) is 6. The number of nitrogens with one attached hydrogen (secondary N) is 2. The molecular weight excluding hydrogens is 469 g/mol. The molecule has 2 aliphatic heterocycles. The van der Waals surface area contributed by atoms with E-state index < -0.39 is 25.7 Å². The van der Waals surface area contributed by atoms with Gasteiger partial charge in [0.25, 0.3) is 10.0 Å². The van der Waals surface area contributed by atoms with Crippen LogP contribution in [0.5, 0.6) is 0 Å². The van der Waals surface area contributed by atoms with Crippen molar-refractivity contribution in [2.24, 2.45) is 5.92 Å². The second kappa shape index (κ2) is 9.40. The Morgan fingerprint density at radius 1 is 1.03 bits per heavy atom. The molecule has 2 aromatic carbocycles. The van der Waals surface area contributed by atoms with E-state index in [-0.39, 0.29) is 40.0 Å². The van der Waals surface area contributed by atoms with Crippen LogP contribution in [0.3, 0.4) is 0 Å². The second-order valence-electron chi connectivity index (χ2n) is 8.47. The fourth-order valence-corrected chi connectivity index (χ4v) is 7.20. The molecule has 0 bridgehead atoms. The highest BCUT2D eigenvalue weighted by Crippen LogP contribution is 2.26. The zero-order valence-electron chi connectivity index (χ0n) is 17.9. The van der Waals surface area contributed by atoms with E-state index in [1.165, 1.54) is 36.4 Å². The lowest BCUT2D eigenvalue weighted by molar-refractivity contribution is -0.121. The Morgan fingerprint density at radius 3 is 2.42 bits per heavy atom. The predicted octanol–water partition coefficient (Wildman–Crippen LogP) is 2.46. The number of sulfone groups is 1. The van der Waals surface area contributed by atoms with Crippen molar-refractivity contribution in [1.82, 2.24) is 4.90 Å². The molecule has 0 unspecified atom stereocenters. The highest BCUT2D eigenvalue weighted by atomic mass is 32.2. The van der Waals surface area contributed by atoms with Crippen molar-refractivity contribution >= 4 is 37.1 Å². The van der Waals surface area contributed by atoms with Gasteiger partial charge in [-0.25, -0.2) is 21.2 Å². The van der Waals surface area contributed by atoms with Gasteiger partial charge in [-0.05, 0) is 62.7 Å². The SMILES string of the molecule is O=C(Nc1cccc(S(=O)(=O)Nc2ccccc2F)c1)C1CCN([C@H]2CCS(=O)(=O)C2)CC1. The van der Waals surface area contributed by atoms with E-state index in [4.69, 9.17) is 0 Å². The predicted molar refractivity (Wildman–Crippen MR) is 124 cm³/mol. The molecule has 2 fully saturated rings. The zero-order valence-corrected chi connectivity index (χ0v) is 19.5. The lowest BCUT2D eigenvalue weighted by Crippen LogP contribution is -2.44. The van der Waals surface area contributed by atoms with Gasteiger partial charge in [-0.15, -0.1) is 0 Å². The normalized spacial score (nSPS) is 21.5. The Hall–Kier alpha value is -2.50. The highest BCUT2D eigenvalue weighted by molar-refractivity contribution is 7.92. The molecule has 1 amide bonds. The first-order valence-electron chi connectivity index (χ1n) is 10.8. The minimum atomic E-state index is -4.04. The molecule has 2 aromatic rings. The number of carbonyl (C=O) groups is 1. The van der Waals surface area contributed by atoms with Crippen molar-refractivity contribution in [3.8, 4) is 0 Å². The average Bonchev–Trinajstić information content (AvgIpc) is 3.15. The van der Waals surface area contributed by atoms with Crippen molar-refractivity contribution in [3.05, 3.63) is 54.3 Å². The number of benzene rings is 2. The maximum absolute atomic E-state index is 13.8. The summed E-state index contributed by atoms with van der Waals surface area (Å²) in [4.78, 5) is 14.8. The number of sulfonamides is 1. The monoisotopic (exact) mass is 495 g/mol. The van der Waals surface area contributed by atoms with E-state index in [0.717, 1.165) is 6.07 Å². The maximum Gasteiger partial charge on any atom is 0.262 e. The van der Waals surface area contributed by atoms with Crippen LogP contribution in [0.25, 0.3) is 0 Å². The molecule has 2 N–H and O–H groups in total. The molecule has 1 atom stereocenters. The Balaban J connectivity index is 1.36. The Labute approximate surface area is 193 Å². The van der Waals surface area contributed by atoms with Gasteiger partial charge >= 0.3 is 0 Å². The number of halogens is 1. The van der Waals surface area contributed by atoms with Gasteiger partial charge in [0, 0.05) is 17.6 Å². The lowest BCUT2D eigenvalue weighted by atomic mass is 9.94. The first-order valence-corrected chi connectivity index (χ1v) is 14.1. The Bertz CT molecular complexity index is 1240. The van der Waals surface area contributed by atoms with Crippen molar-refractivity contribution in [2.75, 3.05) is 34.6 Å². The van der Waals surface area contributed by atoms with Gasteiger partial charge in [-0.3, -0.25) is 14.4 Å². The van der Waals surface area contributed by atoms with E-state index in [2.05, 4.69) is 14.9 Å². The van der Waals surface area contributed by atoms with Gasteiger partial charge in [0.1, 0.15) is 5.82 Å². The second-order valence-corrected chi connectivity index (χ2v) is 12.4. The number of para-hydroxylation sites is 1. The summed E-state index contributed by atoms with van der Waals surface area (Å²) in [5.41, 5.74) is 0.175.